The minimum absolute atomic E-state index is 0.462. The molecule has 2 heterocycles. The first-order valence-electron chi connectivity index (χ1n) is 10.6. The number of fused-ring (bicyclic) bond motifs is 3. The first kappa shape index (κ1) is 18.8. The number of benzene rings is 2. The zero-order valence-electron chi connectivity index (χ0n) is 17.1. The molecule has 1 fully saturated rings. The molecule has 0 atom stereocenters. The summed E-state index contributed by atoms with van der Waals surface area (Å²) in [4.78, 5) is 2.28. The maximum absolute atomic E-state index is 6.30. The third kappa shape index (κ3) is 3.49. The molecule has 1 aromatic heterocycles. The van der Waals surface area contributed by atoms with Crippen molar-refractivity contribution < 1.29 is 0 Å². The number of halogens is 1. The average Bonchev–Trinajstić information content (AvgIpc) is 3.06. The van der Waals surface area contributed by atoms with Crippen LogP contribution < -0.4 is 0 Å². The van der Waals surface area contributed by atoms with Gasteiger partial charge < -0.3 is 0 Å². The first-order chi connectivity index (χ1) is 14.1. The van der Waals surface area contributed by atoms with Gasteiger partial charge in [0.25, 0.3) is 0 Å². The smallest absolute Gasteiger partial charge is 0.151 e. The van der Waals surface area contributed by atoms with Crippen molar-refractivity contribution in [1.29, 1.82) is 0 Å². The highest BCUT2D eigenvalue weighted by molar-refractivity contribution is 6.30. The summed E-state index contributed by atoms with van der Waals surface area (Å²) in [6, 6.07) is 15.0. The van der Waals surface area contributed by atoms with Crippen LogP contribution in [0.5, 0.6) is 0 Å². The van der Waals surface area contributed by atoms with E-state index >= 15 is 0 Å². The molecule has 1 saturated carbocycles. The van der Waals surface area contributed by atoms with Crippen LogP contribution in [0.15, 0.2) is 42.5 Å². The van der Waals surface area contributed by atoms with E-state index in [0.29, 0.717) is 11.8 Å². The van der Waals surface area contributed by atoms with E-state index in [-0.39, 0.29) is 0 Å². The van der Waals surface area contributed by atoms with E-state index in [1.807, 2.05) is 6.07 Å². The second kappa shape index (κ2) is 7.58. The van der Waals surface area contributed by atoms with Crippen LogP contribution in [0.4, 0.5) is 0 Å². The van der Waals surface area contributed by atoms with Crippen molar-refractivity contribution in [2.45, 2.75) is 57.5 Å². The molecule has 0 saturated heterocycles. The van der Waals surface area contributed by atoms with Crippen LogP contribution in [0.3, 0.4) is 0 Å². The lowest BCUT2D eigenvalue weighted by molar-refractivity contribution is 0.315. The van der Waals surface area contributed by atoms with Crippen LogP contribution in [0.2, 0.25) is 5.02 Å². The Morgan fingerprint density at radius 1 is 0.931 bits per heavy atom. The molecule has 0 bridgehead atoms. The summed E-state index contributed by atoms with van der Waals surface area (Å²) in [6.45, 7) is 3.91. The molecular weight excluding hydrogens is 380 g/mol. The van der Waals surface area contributed by atoms with Crippen molar-refractivity contribution in [2.75, 3.05) is 7.05 Å². The monoisotopic (exact) mass is 406 g/mol. The van der Waals surface area contributed by atoms with Crippen LogP contribution in [-0.2, 0) is 13.1 Å². The summed E-state index contributed by atoms with van der Waals surface area (Å²) in [5, 5.41) is 10.1. The van der Waals surface area contributed by atoms with Crippen molar-refractivity contribution in [3.05, 3.63) is 75.8 Å². The van der Waals surface area contributed by atoms with Crippen LogP contribution in [0.25, 0.3) is 5.69 Å². The topological polar surface area (TPSA) is 34.0 Å². The first-order valence-corrected chi connectivity index (χ1v) is 10.9. The van der Waals surface area contributed by atoms with Gasteiger partial charge in [-0.2, -0.15) is 0 Å². The zero-order chi connectivity index (χ0) is 20.0. The number of aromatic nitrogens is 3. The van der Waals surface area contributed by atoms with E-state index in [9.17, 15) is 0 Å². The van der Waals surface area contributed by atoms with Gasteiger partial charge in [-0.25, -0.2) is 0 Å². The molecular formula is C24H27ClN4. The van der Waals surface area contributed by atoms with Crippen LogP contribution in [0, 0.1) is 6.92 Å². The van der Waals surface area contributed by atoms with E-state index in [4.69, 9.17) is 11.6 Å². The summed E-state index contributed by atoms with van der Waals surface area (Å²) in [6.07, 6.45) is 4.75. The van der Waals surface area contributed by atoms with Gasteiger partial charge in [-0.15, -0.1) is 10.2 Å². The highest BCUT2D eigenvalue weighted by Gasteiger charge is 2.30. The number of nitrogens with zero attached hydrogens (tertiary/aromatic N) is 4. The highest BCUT2D eigenvalue weighted by atomic mass is 35.5. The van der Waals surface area contributed by atoms with E-state index in [1.165, 1.54) is 35.2 Å². The van der Waals surface area contributed by atoms with E-state index in [0.717, 1.165) is 42.6 Å². The minimum atomic E-state index is 0.462. The Balaban J connectivity index is 1.45. The molecule has 0 spiro atoms. The summed E-state index contributed by atoms with van der Waals surface area (Å²) >= 11 is 6.30. The quantitative estimate of drug-likeness (QED) is 0.554. The summed E-state index contributed by atoms with van der Waals surface area (Å²) < 4.78 is 2.31. The molecule has 0 radical (unpaired) electrons. The van der Waals surface area contributed by atoms with Gasteiger partial charge in [-0.05, 0) is 80.5 Å². The normalized spacial score (nSPS) is 22.0. The molecule has 1 aliphatic carbocycles. The fourth-order valence-electron chi connectivity index (χ4n) is 5.15. The minimum Gasteiger partial charge on any atom is -0.295 e. The van der Waals surface area contributed by atoms with Crippen molar-refractivity contribution >= 4 is 11.6 Å². The number of rotatable bonds is 2. The van der Waals surface area contributed by atoms with E-state index in [1.54, 1.807) is 0 Å². The van der Waals surface area contributed by atoms with Crippen molar-refractivity contribution in [3.8, 4) is 5.69 Å². The van der Waals surface area contributed by atoms with Gasteiger partial charge in [0.15, 0.2) is 5.82 Å². The molecule has 2 aromatic carbocycles. The third-order valence-electron chi connectivity index (χ3n) is 6.61. The fraction of sp³-hybridized carbons (Fsp3) is 0.417. The van der Waals surface area contributed by atoms with Gasteiger partial charge >= 0.3 is 0 Å². The van der Waals surface area contributed by atoms with Gasteiger partial charge in [0.2, 0.25) is 0 Å². The van der Waals surface area contributed by atoms with Gasteiger partial charge in [0, 0.05) is 17.5 Å². The molecule has 29 heavy (non-hydrogen) atoms. The van der Waals surface area contributed by atoms with E-state index < -0.39 is 0 Å². The molecule has 2 aliphatic rings. The van der Waals surface area contributed by atoms with Crippen LogP contribution >= 0.6 is 11.6 Å². The van der Waals surface area contributed by atoms with Crippen molar-refractivity contribution in [2.24, 2.45) is 0 Å². The van der Waals surface area contributed by atoms with E-state index in [2.05, 4.69) is 70.0 Å². The zero-order valence-corrected chi connectivity index (χ0v) is 17.9. The molecule has 0 amide bonds. The molecule has 1 aliphatic heterocycles. The Labute approximate surface area is 177 Å². The summed E-state index contributed by atoms with van der Waals surface area (Å²) in [5.41, 5.74) is 5.37. The molecule has 5 rings (SSSR count). The number of aryl methyl sites for hydroxylation is 1. The fourth-order valence-corrected chi connectivity index (χ4v) is 5.35. The largest absolute Gasteiger partial charge is 0.295 e. The number of hydrogen-bond donors (Lipinski definition) is 0. The predicted molar refractivity (Wildman–Crippen MR) is 117 cm³/mol. The molecule has 4 nitrogen and oxygen atoms in total. The average molecular weight is 407 g/mol. The Bertz CT molecular complexity index is 1030. The lowest BCUT2D eigenvalue weighted by atomic mass is 9.77. The molecule has 0 unspecified atom stereocenters. The lowest BCUT2D eigenvalue weighted by Crippen LogP contribution is -2.17. The highest BCUT2D eigenvalue weighted by Crippen LogP contribution is 2.42. The SMILES string of the molecule is Cc1ccccc1[C@H]1CC[C@@H](c2nnc3n2-c2ccc(Cl)cc2CN(C)C3)CC1. The standard InChI is InChI=1S/C24H27ClN4/c1-16-5-3-4-6-21(16)17-7-9-18(10-8-17)24-27-26-23-15-28(2)14-19-13-20(25)11-12-22(19)29(23)24/h3-6,11-13,17-18H,7-10,14-15H2,1-2H3/t17-,18+. The second-order valence-electron chi connectivity index (χ2n) is 8.66. The second-order valence-corrected chi connectivity index (χ2v) is 9.10. The Hall–Kier alpha value is -2.17. The maximum Gasteiger partial charge on any atom is 0.151 e. The molecule has 150 valence electrons. The summed E-state index contributed by atoms with van der Waals surface area (Å²) in [5.74, 6) is 3.28. The van der Waals surface area contributed by atoms with Gasteiger partial charge in [-0.3, -0.25) is 9.47 Å². The van der Waals surface area contributed by atoms with Gasteiger partial charge in [0.1, 0.15) is 5.82 Å². The Kier molecular flexibility index (Phi) is 4.92. The predicted octanol–water partition coefficient (Wildman–Crippen LogP) is 5.62. The Morgan fingerprint density at radius 2 is 1.69 bits per heavy atom. The van der Waals surface area contributed by atoms with Crippen molar-refractivity contribution in [1.82, 2.24) is 19.7 Å². The molecule has 3 aromatic rings. The summed E-state index contributed by atoms with van der Waals surface area (Å²) in [7, 11) is 2.13. The maximum atomic E-state index is 6.30. The van der Waals surface area contributed by atoms with Crippen molar-refractivity contribution in [3.63, 3.8) is 0 Å². The molecule has 5 heteroatoms. The lowest BCUT2D eigenvalue weighted by Gasteiger charge is -2.29. The van der Waals surface area contributed by atoms with Crippen LogP contribution in [-0.4, -0.2) is 26.7 Å². The molecule has 0 N–H and O–H groups in total. The van der Waals surface area contributed by atoms with Crippen LogP contribution in [0.1, 0.15) is 65.9 Å². The third-order valence-corrected chi connectivity index (χ3v) is 6.84. The van der Waals surface area contributed by atoms with Gasteiger partial charge in [-0.1, -0.05) is 35.9 Å². The number of hydrogen-bond acceptors (Lipinski definition) is 3. The van der Waals surface area contributed by atoms with Gasteiger partial charge in [0.05, 0.1) is 12.2 Å². The Morgan fingerprint density at radius 3 is 2.48 bits per heavy atom.